The number of hydrogen-bond donors (Lipinski definition) is 1. The Morgan fingerprint density at radius 1 is 1.62 bits per heavy atom. The van der Waals surface area contributed by atoms with Crippen molar-refractivity contribution >= 4 is 21.9 Å². The lowest BCUT2D eigenvalue weighted by molar-refractivity contribution is 0.0525. The van der Waals surface area contributed by atoms with Crippen LogP contribution in [0.5, 0.6) is 0 Å². The Balaban J connectivity index is 2.93. The maximum absolute atomic E-state index is 11.4. The van der Waals surface area contributed by atoms with Crippen molar-refractivity contribution in [2.24, 2.45) is 0 Å². The fourth-order valence-electron chi connectivity index (χ4n) is 1.16. The number of carbonyl (C=O) groups excluding carboxylic acids is 1. The Labute approximate surface area is 85.6 Å². The first-order valence-corrected chi connectivity index (χ1v) is 5.02. The van der Waals surface area contributed by atoms with E-state index in [4.69, 9.17) is 4.74 Å². The summed E-state index contributed by atoms with van der Waals surface area (Å²) in [4.78, 5) is 14.3. The smallest absolute Gasteiger partial charge is 0.339 e. The summed E-state index contributed by atoms with van der Waals surface area (Å²) >= 11 is 3.33. The van der Waals surface area contributed by atoms with Gasteiger partial charge in [-0.15, -0.1) is 0 Å². The van der Waals surface area contributed by atoms with E-state index >= 15 is 0 Å². The summed E-state index contributed by atoms with van der Waals surface area (Å²) in [5.74, 6) is -0.263. The van der Waals surface area contributed by atoms with Gasteiger partial charge in [-0.3, -0.25) is 0 Å². The Hall–Kier alpha value is -0.770. The highest BCUT2D eigenvalue weighted by atomic mass is 79.9. The van der Waals surface area contributed by atoms with Crippen molar-refractivity contribution in [3.63, 3.8) is 0 Å². The molecule has 0 spiro atoms. The lowest BCUT2D eigenvalue weighted by Crippen LogP contribution is -2.05. The number of hydrogen-bond acceptors (Lipinski definition) is 2. The fourth-order valence-corrected chi connectivity index (χ4v) is 1.77. The van der Waals surface area contributed by atoms with Crippen molar-refractivity contribution in [2.45, 2.75) is 20.3 Å². The second kappa shape index (κ2) is 4.46. The van der Waals surface area contributed by atoms with E-state index < -0.39 is 0 Å². The van der Waals surface area contributed by atoms with Crippen LogP contribution in [0.15, 0.2) is 10.8 Å². The first-order valence-electron chi connectivity index (χ1n) is 4.23. The molecule has 1 rings (SSSR count). The standard InChI is InChI=1S/C9H12BrNO2/c1-3-6-7(5-11-8(6)10)9(12)13-4-2/h5,11H,3-4H2,1-2H3. The molecule has 0 radical (unpaired) electrons. The maximum atomic E-state index is 11.4. The summed E-state index contributed by atoms with van der Waals surface area (Å²) in [6.07, 6.45) is 2.47. The number of rotatable bonds is 3. The molecule has 1 N–H and O–H groups in total. The van der Waals surface area contributed by atoms with Gasteiger partial charge in [-0.05, 0) is 34.8 Å². The third-order valence-electron chi connectivity index (χ3n) is 1.78. The van der Waals surface area contributed by atoms with Gasteiger partial charge in [0.15, 0.2) is 0 Å². The number of H-pyrrole nitrogens is 1. The van der Waals surface area contributed by atoms with E-state index in [1.165, 1.54) is 0 Å². The molecule has 1 heterocycles. The zero-order valence-electron chi connectivity index (χ0n) is 7.69. The van der Waals surface area contributed by atoms with Crippen LogP contribution in [0.3, 0.4) is 0 Å². The number of aromatic amines is 1. The molecular formula is C9H12BrNO2. The predicted molar refractivity (Wildman–Crippen MR) is 53.8 cm³/mol. The second-order valence-corrected chi connectivity index (χ2v) is 3.36. The number of esters is 1. The van der Waals surface area contributed by atoms with Crippen LogP contribution in [0.25, 0.3) is 0 Å². The lowest BCUT2D eigenvalue weighted by atomic mass is 10.1. The van der Waals surface area contributed by atoms with Gasteiger partial charge in [-0.25, -0.2) is 4.79 Å². The average molecular weight is 246 g/mol. The third kappa shape index (κ3) is 2.12. The lowest BCUT2D eigenvalue weighted by Gasteiger charge is -2.01. The molecule has 1 aromatic rings. The van der Waals surface area contributed by atoms with Crippen LogP contribution in [0.2, 0.25) is 0 Å². The first-order chi connectivity index (χ1) is 6.20. The summed E-state index contributed by atoms with van der Waals surface area (Å²) in [6, 6.07) is 0. The highest BCUT2D eigenvalue weighted by molar-refractivity contribution is 9.10. The van der Waals surface area contributed by atoms with E-state index in [0.717, 1.165) is 16.6 Å². The molecule has 0 unspecified atom stereocenters. The van der Waals surface area contributed by atoms with Gasteiger partial charge in [0.05, 0.1) is 16.8 Å². The maximum Gasteiger partial charge on any atom is 0.339 e. The molecule has 0 aliphatic carbocycles. The van der Waals surface area contributed by atoms with E-state index in [1.54, 1.807) is 13.1 Å². The number of ether oxygens (including phenoxy) is 1. The Morgan fingerprint density at radius 2 is 2.31 bits per heavy atom. The molecule has 0 aliphatic rings. The Kier molecular flexibility index (Phi) is 3.54. The van der Waals surface area contributed by atoms with Crippen molar-refractivity contribution in [3.8, 4) is 0 Å². The molecule has 1 aromatic heterocycles. The summed E-state index contributed by atoms with van der Waals surface area (Å²) < 4.78 is 5.76. The molecule has 0 fully saturated rings. The van der Waals surface area contributed by atoms with Crippen LogP contribution in [0.4, 0.5) is 0 Å². The topological polar surface area (TPSA) is 42.1 Å². The highest BCUT2D eigenvalue weighted by Gasteiger charge is 2.15. The van der Waals surface area contributed by atoms with Gasteiger partial charge in [-0.1, -0.05) is 6.92 Å². The summed E-state index contributed by atoms with van der Waals surface area (Å²) in [7, 11) is 0. The monoisotopic (exact) mass is 245 g/mol. The molecular weight excluding hydrogens is 234 g/mol. The number of aromatic nitrogens is 1. The molecule has 0 aromatic carbocycles. The van der Waals surface area contributed by atoms with Crippen molar-refractivity contribution in [1.82, 2.24) is 4.98 Å². The molecule has 0 amide bonds. The highest BCUT2D eigenvalue weighted by Crippen LogP contribution is 2.20. The van der Waals surface area contributed by atoms with Crippen LogP contribution in [-0.2, 0) is 11.2 Å². The number of nitrogens with one attached hydrogen (secondary N) is 1. The summed E-state index contributed by atoms with van der Waals surface area (Å²) in [5.41, 5.74) is 1.59. The molecule has 0 saturated carbocycles. The number of halogens is 1. The molecule has 13 heavy (non-hydrogen) atoms. The second-order valence-electron chi connectivity index (χ2n) is 2.57. The van der Waals surface area contributed by atoms with E-state index in [1.807, 2.05) is 6.92 Å². The van der Waals surface area contributed by atoms with Crippen molar-refractivity contribution in [2.75, 3.05) is 6.61 Å². The van der Waals surface area contributed by atoms with E-state index in [9.17, 15) is 4.79 Å². The van der Waals surface area contributed by atoms with Crippen molar-refractivity contribution in [3.05, 3.63) is 21.9 Å². The number of carbonyl (C=O) groups is 1. The van der Waals surface area contributed by atoms with Gasteiger partial charge in [0.2, 0.25) is 0 Å². The Bertz CT molecular complexity index is 307. The van der Waals surface area contributed by atoms with Crippen LogP contribution < -0.4 is 0 Å². The van der Waals surface area contributed by atoms with Gasteiger partial charge in [-0.2, -0.15) is 0 Å². The van der Waals surface area contributed by atoms with Crippen molar-refractivity contribution < 1.29 is 9.53 Å². The van der Waals surface area contributed by atoms with E-state index in [2.05, 4.69) is 20.9 Å². The van der Waals surface area contributed by atoms with Crippen LogP contribution in [-0.4, -0.2) is 17.6 Å². The molecule has 4 heteroatoms. The van der Waals surface area contributed by atoms with Gasteiger partial charge in [0.1, 0.15) is 0 Å². The molecule has 0 saturated heterocycles. The molecule has 3 nitrogen and oxygen atoms in total. The summed E-state index contributed by atoms with van der Waals surface area (Å²) in [6.45, 7) is 4.20. The van der Waals surface area contributed by atoms with Crippen LogP contribution in [0, 0.1) is 0 Å². The largest absolute Gasteiger partial charge is 0.462 e. The SMILES string of the molecule is CCOC(=O)c1c[nH]c(Br)c1CC. The molecule has 72 valence electrons. The van der Waals surface area contributed by atoms with Gasteiger partial charge >= 0.3 is 5.97 Å². The summed E-state index contributed by atoms with van der Waals surface area (Å²) in [5, 5.41) is 0. The van der Waals surface area contributed by atoms with Crippen LogP contribution in [0.1, 0.15) is 29.8 Å². The first kappa shape index (κ1) is 10.3. The minimum Gasteiger partial charge on any atom is -0.462 e. The van der Waals surface area contributed by atoms with Gasteiger partial charge < -0.3 is 9.72 Å². The molecule has 0 bridgehead atoms. The Morgan fingerprint density at radius 3 is 2.85 bits per heavy atom. The molecule has 0 atom stereocenters. The fraction of sp³-hybridized carbons (Fsp3) is 0.444. The minimum absolute atomic E-state index is 0.263. The normalized spacial score (nSPS) is 10.1. The van der Waals surface area contributed by atoms with Crippen LogP contribution >= 0.6 is 15.9 Å². The van der Waals surface area contributed by atoms with Crippen molar-refractivity contribution in [1.29, 1.82) is 0 Å². The quantitative estimate of drug-likeness (QED) is 0.832. The van der Waals surface area contributed by atoms with Gasteiger partial charge in [0.25, 0.3) is 0 Å². The van der Waals surface area contributed by atoms with E-state index in [0.29, 0.717) is 12.2 Å². The zero-order valence-corrected chi connectivity index (χ0v) is 9.27. The zero-order chi connectivity index (χ0) is 9.84. The van der Waals surface area contributed by atoms with E-state index in [-0.39, 0.29) is 5.97 Å². The molecule has 0 aliphatic heterocycles. The van der Waals surface area contributed by atoms with Gasteiger partial charge in [0, 0.05) is 6.20 Å². The average Bonchev–Trinajstić information content (AvgIpc) is 2.47. The third-order valence-corrected chi connectivity index (χ3v) is 2.49. The minimum atomic E-state index is -0.263. The predicted octanol–water partition coefficient (Wildman–Crippen LogP) is 2.52.